The van der Waals surface area contributed by atoms with Gasteiger partial charge in [0, 0.05) is 32.4 Å². The second-order valence-electron chi connectivity index (χ2n) is 6.61. The molecule has 1 aromatic heterocycles. The van der Waals surface area contributed by atoms with Crippen molar-refractivity contribution >= 4 is 11.8 Å². The molecule has 2 amide bonds. The Balaban J connectivity index is 1.82. The third-order valence-corrected chi connectivity index (χ3v) is 5.23. The molecule has 22 heavy (non-hydrogen) atoms. The number of hydrogen-bond donors (Lipinski definition) is 0. The van der Waals surface area contributed by atoms with Crippen LogP contribution in [0.4, 0.5) is 0 Å². The van der Waals surface area contributed by atoms with Gasteiger partial charge in [-0.25, -0.2) is 4.98 Å². The van der Waals surface area contributed by atoms with E-state index in [1.54, 1.807) is 24.0 Å². The van der Waals surface area contributed by atoms with Crippen LogP contribution in [-0.2, 0) is 16.1 Å². The number of carbonyl (C=O) groups excluding carboxylic acids is 2. The summed E-state index contributed by atoms with van der Waals surface area (Å²) in [5, 5.41) is 0. The molecule has 0 unspecified atom stereocenters. The Morgan fingerprint density at radius 2 is 2.14 bits per heavy atom. The van der Waals surface area contributed by atoms with Crippen LogP contribution >= 0.6 is 0 Å². The SMILES string of the molecule is CC(=O)N1CCC[C@@]2(C)[C@@H]1CCCN2C(=O)Cn1ccnc1. The first-order valence-electron chi connectivity index (χ1n) is 8.06. The maximum atomic E-state index is 12.8. The number of amides is 2. The third kappa shape index (κ3) is 2.51. The van der Waals surface area contributed by atoms with E-state index in [9.17, 15) is 9.59 Å². The van der Waals surface area contributed by atoms with Gasteiger partial charge in [0.2, 0.25) is 11.8 Å². The Bertz CT molecular complexity index is 557. The highest BCUT2D eigenvalue weighted by atomic mass is 16.2. The zero-order chi connectivity index (χ0) is 15.7. The molecular weight excluding hydrogens is 280 g/mol. The van der Waals surface area contributed by atoms with Crippen molar-refractivity contribution in [2.45, 2.75) is 57.7 Å². The molecule has 0 bridgehead atoms. The van der Waals surface area contributed by atoms with Crippen molar-refractivity contribution in [3.05, 3.63) is 18.7 Å². The standard InChI is InChI=1S/C16H24N4O2/c1-13(21)19-8-4-6-16(2)14(19)5-3-9-20(16)15(22)11-18-10-7-17-12-18/h7,10,12,14H,3-6,8-9,11H2,1-2H3/t14-,16-/m0/s1. The molecule has 2 fully saturated rings. The summed E-state index contributed by atoms with van der Waals surface area (Å²) < 4.78 is 1.81. The second-order valence-corrected chi connectivity index (χ2v) is 6.61. The molecule has 1 aromatic rings. The Morgan fingerprint density at radius 3 is 2.82 bits per heavy atom. The third-order valence-electron chi connectivity index (χ3n) is 5.23. The summed E-state index contributed by atoms with van der Waals surface area (Å²) in [6, 6.07) is 0.152. The normalized spacial score (nSPS) is 28.4. The minimum atomic E-state index is -0.236. The number of imidazole rings is 1. The second kappa shape index (κ2) is 5.74. The molecule has 6 heteroatoms. The highest BCUT2D eigenvalue weighted by Gasteiger charge is 2.49. The molecule has 2 saturated heterocycles. The van der Waals surface area contributed by atoms with Crippen molar-refractivity contribution in [2.24, 2.45) is 0 Å². The van der Waals surface area contributed by atoms with Crippen LogP contribution in [0.15, 0.2) is 18.7 Å². The van der Waals surface area contributed by atoms with Gasteiger partial charge in [0.25, 0.3) is 0 Å². The van der Waals surface area contributed by atoms with Crippen LogP contribution in [0.2, 0.25) is 0 Å². The van der Waals surface area contributed by atoms with Crippen molar-refractivity contribution < 1.29 is 9.59 Å². The first kappa shape index (κ1) is 15.1. The van der Waals surface area contributed by atoms with Gasteiger partial charge in [-0.1, -0.05) is 0 Å². The van der Waals surface area contributed by atoms with Crippen LogP contribution in [0.3, 0.4) is 0 Å². The average Bonchev–Trinajstić information content (AvgIpc) is 2.97. The number of rotatable bonds is 2. The highest BCUT2D eigenvalue weighted by molar-refractivity contribution is 5.78. The molecule has 3 rings (SSSR count). The molecule has 0 aromatic carbocycles. The van der Waals surface area contributed by atoms with Crippen LogP contribution in [0.25, 0.3) is 0 Å². The molecule has 0 N–H and O–H groups in total. The van der Waals surface area contributed by atoms with Gasteiger partial charge in [-0.05, 0) is 32.6 Å². The Kier molecular flexibility index (Phi) is 3.93. The molecule has 0 aliphatic carbocycles. The van der Waals surface area contributed by atoms with E-state index in [-0.39, 0.29) is 23.4 Å². The van der Waals surface area contributed by atoms with Crippen LogP contribution in [0.1, 0.15) is 39.5 Å². The summed E-state index contributed by atoms with van der Waals surface area (Å²) in [4.78, 5) is 32.7. The molecule has 0 radical (unpaired) electrons. The number of nitrogens with zero attached hydrogens (tertiary/aromatic N) is 4. The lowest BCUT2D eigenvalue weighted by Crippen LogP contribution is -2.68. The van der Waals surface area contributed by atoms with Crippen LogP contribution in [-0.4, -0.2) is 55.8 Å². The minimum Gasteiger partial charge on any atom is -0.338 e. The first-order chi connectivity index (χ1) is 10.5. The smallest absolute Gasteiger partial charge is 0.243 e. The lowest BCUT2D eigenvalue weighted by molar-refractivity contribution is -0.155. The van der Waals surface area contributed by atoms with Crippen LogP contribution in [0.5, 0.6) is 0 Å². The summed E-state index contributed by atoms with van der Waals surface area (Å²) >= 11 is 0. The van der Waals surface area contributed by atoms with Gasteiger partial charge in [0.05, 0.1) is 17.9 Å². The predicted octanol–water partition coefficient (Wildman–Crippen LogP) is 1.28. The quantitative estimate of drug-likeness (QED) is 0.827. The molecule has 0 spiro atoms. The lowest BCUT2D eigenvalue weighted by atomic mass is 9.76. The summed E-state index contributed by atoms with van der Waals surface area (Å²) in [7, 11) is 0. The molecule has 2 aliphatic rings. The summed E-state index contributed by atoms with van der Waals surface area (Å²) in [6.45, 7) is 5.71. The van der Waals surface area contributed by atoms with Crippen molar-refractivity contribution in [3.8, 4) is 0 Å². The van der Waals surface area contributed by atoms with Gasteiger partial charge < -0.3 is 14.4 Å². The minimum absolute atomic E-state index is 0.121. The van der Waals surface area contributed by atoms with E-state index >= 15 is 0 Å². The Labute approximate surface area is 131 Å². The van der Waals surface area contributed by atoms with E-state index in [4.69, 9.17) is 0 Å². The summed E-state index contributed by atoms with van der Waals surface area (Å²) in [5.41, 5.74) is -0.236. The molecule has 3 heterocycles. The number of likely N-dealkylation sites (tertiary alicyclic amines) is 2. The van der Waals surface area contributed by atoms with E-state index in [2.05, 4.69) is 11.9 Å². The summed E-state index contributed by atoms with van der Waals surface area (Å²) in [6.07, 6.45) is 9.05. The number of aromatic nitrogens is 2. The van der Waals surface area contributed by atoms with E-state index in [1.165, 1.54) is 0 Å². The number of carbonyl (C=O) groups is 2. The van der Waals surface area contributed by atoms with Gasteiger partial charge in [0.1, 0.15) is 6.54 Å². The monoisotopic (exact) mass is 304 g/mol. The Morgan fingerprint density at radius 1 is 1.32 bits per heavy atom. The van der Waals surface area contributed by atoms with Crippen molar-refractivity contribution in [3.63, 3.8) is 0 Å². The van der Waals surface area contributed by atoms with Gasteiger partial charge in [-0.3, -0.25) is 9.59 Å². The summed E-state index contributed by atoms with van der Waals surface area (Å²) in [5.74, 6) is 0.246. The van der Waals surface area contributed by atoms with Crippen molar-refractivity contribution in [2.75, 3.05) is 13.1 Å². The first-order valence-corrected chi connectivity index (χ1v) is 8.06. The van der Waals surface area contributed by atoms with E-state index in [1.807, 2.05) is 16.0 Å². The fourth-order valence-corrected chi connectivity index (χ4v) is 4.15. The molecule has 120 valence electrons. The maximum absolute atomic E-state index is 12.8. The Hall–Kier alpha value is -1.85. The van der Waals surface area contributed by atoms with Crippen LogP contribution < -0.4 is 0 Å². The largest absolute Gasteiger partial charge is 0.338 e. The zero-order valence-corrected chi connectivity index (χ0v) is 13.4. The van der Waals surface area contributed by atoms with Gasteiger partial charge >= 0.3 is 0 Å². The maximum Gasteiger partial charge on any atom is 0.243 e. The topological polar surface area (TPSA) is 58.4 Å². The highest BCUT2D eigenvalue weighted by Crippen LogP contribution is 2.39. The fourth-order valence-electron chi connectivity index (χ4n) is 4.15. The van der Waals surface area contributed by atoms with E-state index in [0.29, 0.717) is 6.54 Å². The zero-order valence-electron chi connectivity index (χ0n) is 13.4. The number of fused-ring (bicyclic) bond motifs is 1. The van der Waals surface area contributed by atoms with E-state index in [0.717, 1.165) is 38.8 Å². The van der Waals surface area contributed by atoms with Gasteiger partial charge in [-0.15, -0.1) is 0 Å². The molecule has 2 atom stereocenters. The number of hydrogen-bond acceptors (Lipinski definition) is 3. The van der Waals surface area contributed by atoms with Crippen LogP contribution in [0, 0.1) is 0 Å². The number of piperidine rings is 2. The van der Waals surface area contributed by atoms with Crippen molar-refractivity contribution in [1.29, 1.82) is 0 Å². The van der Waals surface area contributed by atoms with E-state index < -0.39 is 0 Å². The molecule has 0 saturated carbocycles. The predicted molar refractivity (Wildman–Crippen MR) is 82.0 cm³/mol. The lowest BCUT2D eigenvalue weighted by Gasteiger charge is -2.56. The average molecular weight is 304 g/mol. The molecular formula is C16H24N4O2. The van der Waals surface area contributed by atoms with Gasteiger partial charge in [0.15, 0.2) is 0 Å². The van der Waals surface area contributed by atoms with Gasteiger partial charge in [-0.2, -0.15) is 0 Å². The van der Waals surface area contributed by atoms with Crippen molar-refractivity contribution in [1.82, 2.24) is 19.4 Å². The fraction of sp³-hybridized carbons (Fsp3) is 0.688. The molecule has 6 nitrogen and oxygen atoms in total. The molecule has 2 aliphatic heterocycles.